The van der Waals surface area contributed by atoms with Gasteiger partial charge in [0.15, 0.2) is 0 Å². The molecule has 0 aromatic carbocycles. The van der Waals surface area contributed by atoms with Crippen LogP contribution < -0.4 is 0 Å². The molecule has 0 aliphatic heterocycles. The van der Waals surface area contributed by atoms with Gasteiger partial charge >= 0.3 is 5.97 Å². The highest BCUT2D eigenvalue weighted by atomic mass is 16.7. The number of hydrogen-bond acceptors (Lipinski definition) is 5. The first-order valence-corrected chi connectivity index (χ1v) is 3.94. The maximum Gasteiger partial charge on any atom is 0.342 e. The number of ether oxygens (including phenoxy) is 2. The van der Waals surface area contributed by atoms with Gasteiger partial charge in [-0.2, -0.15) is 0 Å². The average Bonchev–Trinajstić information content (AvgIpc) is 2.19. The summed E-state index contributed by atoms with van der Waals surface area (Å²) in [5.74, 6) is -0.576. The number of aromatic nitrogens is 1. The Morgan fingerprint density at radius 2 is 2.43 bits per heavy atom. The lowest BCUT2D eigenvalue weighted by molar-refractivity contribution is -0.149. The molecular formula is C9H9NO4. The van der Waals surface area contributed by atoms with Crippen LogP contribution in [-0.2, 0) is 14.3 Å². The van der Waals surface area contributed by atoms with Gasteiger partial charge in [-0.1, -0.05) is 0 Å². The SMILES string of the molecule is CC(OC=O)OC(=O)c1cccnc1. The van der Waals surface area contributed by atoms with Crippen molar-refractivity contribution >= 4 is 12.4 Å². The van der Waals surface area contributed by atoms with Crippen molar-refractivity contribution in [3.8, 4) is 0 Å². The monoisotopic (exact) mass is 195 g/mol. The van der Waals surface area contributed by atoms with Crippen molar-refractivity contribution in [1.29, 1.82) is 0 Å². The van der Waals surface area contributed by atoms with Gasteiger partial charge in [-0.3, -0.25) is 9.78 Å². The van der Waals surface area contributed by atoms with Gasteiger partial charge in [0.2, 0.25) is 6.29 Å². The maximum absolute atomic E-state index is 11.3. The van der Waals surface area contributed by atoms with E-state index in [9.17, 15) is 9.59 Å². The molecule has 0 radical (unpaired) electrons. The average molecular weight is 195 g/mol. The van der Waals surface area contributed by atoms with Gasteiger partial charge < -0.3 is 9.47 Å². The molecule has 0 fully saturated rings. The Morgan fingerprint density at radius 1 is 1.64 bits per heavy atom. The zero-order valence-electron chi connectivity index (χ0n) is 7.54. The molecule has 0 aliphatic rings. The molecule has 1 rings (SSSR count). The van der Waals surface area contributed by atoms with Crippen molar-refractivity contribution < 1.29 is 19.1 Å². The second-order valence-corrected chi connectivity index (χ2v) is 2.45. The fourth-order valence-electron chi connectivity index (χ4n) is 0.808. The van der Waals surface area contributed by atoms with Crippen molar-refractivity contribution in [3.63, 3.8) is 0 Å². The number of pyridine rings is 1. The number of carbonyl (C=O) groups excluding carboxylic acids is 2. The normalized spacial score (nSPS) is 11.5. The van der Waals surface area contributed by atoms with E-state index in [4.69, 9.17) is 4.74 Å². The molecule has 5 nitrogen and oxygen atoms in total. The highest BCUT2D eigenvalue weighted by Crippen LogP contribution is 2.02. The summed E-state index contributed by atoms with van der Waals surface area (Å²) < 4.78 is 9.13. The number of hydrogen-bond donors (Lipinski definition) is 0. The molecular weight excluding hydrogens is 186 g/mol. The Kier molecular flexibility index (Phi) is 3.60. The van der Waals surface area contributed by atoms with Gasteiger partial charge in [-0.05, 0) is 12.1 Å². The first kappa shape index (κ1) is 10.2. The zero-order chi connectivity index (χ0) is 10.4. The minimum atomic E-state index is -0.889. The predicted molar refractivity (Wildman–Crippen MR) is 46.3 cm³/mol. The van der Waals surface area contributed by atoms with Crippen LogP contribution in [0.3, 0.4) is 0 Å². The highest BCUT2D eigenvalue weighted by Gasteiger charge is 2.11. The molecule has 1 aromatic rings. The number of carbonyl (C=O) groups is 2. The fourth-order valence-corrected chi connectivity index (χ4v) is 0.808. The van der Waals surface area contributed by atoms with Crippen LogP contribution in [0.4, 0.5) is 0 Å². The molecule has 0 amide bonds. The molecule has 1 atom stereocenters. The first-order chi connectivity index (χ1) is 6.74. The molecule has 74 valence electrons. The van der Waals surface area contributed by atoms with E-state index in [0.717, 1.165) is 0 Å². The van der Waals surface area contributed by atoms with Crippen LogP contribution in [0.2, 0.25) is 0 Å². The van der Waals surface area contributed by atoms with Crippen LogP contribution in [0, 0.1) is 0 Å². The van der Waals surface area contributed by atoms with Gasteiger partial charge in [0, 0.05) is 19.3 Å². The summed E-state index contributed by atoms with van der Waals surface area (Å²) in [6, 6.07) is 3.17. The van der Waals surface area contributed by atoms with E-state index in [1.54, 1.807) is 18.3 Å². The third-order valence-electron chi connectivity index (χ3n) is 1.42. The molecule has 1 heterocycles. The maximum atomic E-state index is 11.3. The summed E-state index contributed by atoms with van der Waals surface area (Å²) in [7, 11) is 0. The molecule has 14 heavy (non-hydrogen) atoms. The van der Waals surface area contributed by atoms with E-state index in [2.05, 4.69) is 9.72 Å². The van der Waals surface area contributed by atoms with Crippen molar-refractivity contribution in [3.05, 3.63) is 30.1 Å². The summed E-state index contributed by atoms with van der Waals surface area (Å²) in [6.45, 7) is 1.67. The Bertz CT molecular complexity index is 312. The summed E-state index contributed by atoms with van der Waals surface area (Å²) in [5, 5.41) is 0. The van der Waals surface area contributed by atoms with Gasteiger partial charge in [0.25, 0.3) is 6.47 Å². The van der Waals surface area contributed by atoms with Crippen LogP contribution in [-0.4, -0.2) is 23.7 Å². The first-order valence-electron chi connectivity index (χ1n) is 3.94. The minimum absolute atomic E-state index is 0.223. The predicted octanol–water partition coefficient (Wildman–Crippen LogP) is 0.757. The van der Waals surface area contributed by atoms with Crippen LogP contribution in [0.15, 0.2) is 24.5 Å². The van der Waals surface area contributed by atoms with Crippen LogP contribution in [0.1, 0.15) is 17.3 Å². The molecule has 0 saturated carbocycles. The summed E-state index contributed by atoms with van der Waals surface area (Å²) in [4.78, 5) is 24.9. The van der Waals surface area contributed by atoms with E-state index in [0.29, 0.717) is 5.56 Å². The summed E-state index contributed by atoms with van der Waals surface area (Å²) in [6.07, 6.45) is 2.03. The molecule has 1 unspecified atom stereocenters. The number of esters is 1. The largest absolute Gasteiger partial charge is 0.428 e. The second kappa shape index (κ2) is 4.96. The topological polar surface area (TPSA) is 65.5 Å². The van der Waals surface area contributed by atoms with Crippen molar-refractivity contribution in [2.45, 2.75) is 13.2 Å². The Hall–Kier alpha value is -1.91. The highest BCUT2D eigenvalue weighted by molar-refractivity contribution is 5.88. The second-order valence-electron chi connectivity index (χ2n) is 2.45. The number of rotatable bonds is 4. The third kappa shape index (κ3) is 2.85. The van der Waals surface area contributed by atoms with E-state index >= 15 is 0 Å². The van der Waals surface area contributed by atoms with Gasteiger partial charge in [0.05, 0.1) is 5.56 Å². The van der Waals surface area contributed by atoms with Crippen LogP contribution in [0.5, 0.6) is 0 Å². The molecule has 0 aliphatic carbocycles. The Morgan fingerprint density at radius 3 is 3.00 bits per heavy atom. The van der Waals surface area contributed by atoms with Crippen LogP contribution in [0.25, 0.3) is 0 Å². The number of nitrogens with zero attached hydrogens (tertiary/aromatic N) is 1. The van der Waals surface area contributed by atoms with Gasteiger partial charge in [-0.15, -0.1) is 0 Å². The Balaban J connectivity index is 2.55. The van der Waals surface area contributed by atoms with E-state index in [-0.39, 0.29) is 6.47 Å². The summed E-state index contributed by atoms with van der Waals surface area (Å²) in [5.41, 5.74) is 0.314. The van der Waals surface area contributed by atoms with Gasteiger partial charge in [-0.25, -0.2) is 4.79 Å². The standard InChI is InChI=1S/C9H9NO4/c1-7(13-6-11)14-9(12)8-3-2-4-10-5-8/h2-7H,1H3. The lowest BCUT2D eigenvalue weighted by Gasteiger charge is -2.10. The van der Waals surface area contributed by atoms with E-state index in [1.165, 1.54) is 13.1 Å². The quantitative estimate of drug-likeness (QED) is 0.403. The molecule has 0 N–H and O–H groups in total. The third-order valence-corrected chi connectivity index (χ3v) is 1.42. The molecule has 0 spiro atoms. The van der Waals surface area contributed by atoms with Crippen molar-refractivity contribution in [1.82, 2.24) is 4.98 Å². The molecule has 0 saturated heterocycles. The smallest absolute Gasteiger partial charge is 0.342 e. The van der Waals surface area contributed by atoms with Crippen molar-refractivity contribution in [2.75, 3.05) is 0 Å². The zero-order valence-corrected chi connectivity index (χ0v) is 7.54. The lowest BCUT2D eigenvalue weighted by Crippen LogP contribution is -2.17. The lowest BCUT2D eigenvalue weighted by atomic mass is 10.3. The fraction of sp³-hybridized carbons (Fsp3) is 0.222. The van der Waals surface area contributed by atoms with E-state index in [1.807, 2.05) is 0 Å². The molecule has 5 heteroatoms. The van der Waals surface area contributed by atoms with Crippen molar-refractivity contribution in [2.24, 2.45) is 0 Å². The van der Waals surface area contributed by atoms with E-state index < -0.39 is 12.3 Å². The van der Waals surface area contributed by atoms with Gasteiger partial charge in [0.1, 0.15) is 0 Å². The minimum Gasteiger partial charge on any atom is -0.428 e. The Labute approximate surface area is 80.7 Å². The van der Waals surface area contributed by atoms with Crippen LogP contribution >= 0.6 is 0 Å². The molecule has 1 aromatic heterocycles. The molecule has 0 bridgehead atoms. The summed E-state index contributed by atoms with van der Waals surface area (Å²) >= 11 is 0.